The quantitative estimate of drug-likeness (QED) is 0.729. The van der Waals surface area contributed by atoms with Crippen LogP contribution in [-0.4, -0.2) is 32.1 Å². The fraction of sp³-hybridized carbons (Fsp3) is 0.385. The van der Waals surface area contributed by atoms with Crippen molar-refractivity contribution >= 4 is 11.9 Å². The molecular weight excluding hydrogens is 232 g/mol. The van der Waals surface area contributed by atoms with E-state index in [4.69, 9.17) is 4.74 Å². The van der Waals surface area contributed by atoms with Gasteiger partial charge in [0.25, 0.3) is 5.91 Å². The average molecular weight is 250 g/mol. The SMILES string of the molecule is CCOC(=O)CNCc1ccc(C(=O)NC)cc1. The lowest BCUT2D eigenvalue weighted by Crippen LogP contribution is -2.24. The van der Waals surface area contributed by atoms with E-state index >= 15 is 0 Å². The van der Waals surface area contributed by atoms with E-state index in [0.717, 1.165) is 5.56 Å². The van der Waals surface area contributed by atoms with Crippen molar-refractivity contribution in [3.8, 4) is 0 Å². The first-order valence-electron chi connectivity index (χ1n) is 5.84. The molecule has 5 nitrogen and oxygen atoms in total. The zero-order chi connectivity index (χ0) is 13.4. The van der Waals surface area contributed by atoms with Crippen LogP contribution in [-0.2, 0) is 16.1 Å². The summed E-state index contributed by atoms with van der Waals surface area (Å²) < 4.78 is 4.79. The van der Waals surface area contributed by atoms with Crippen LogP contribution in [0.15, 0.2) is 24.3 Å². The second kappa shape index (κ2) is 7.45. The number of hydrogen-bond donors (Lipinski definition) is 2. The van der Waals surface area contributed by atoms with Crippen molar-refractivity contribution in [2.45, 2.75) is 13.5 Å². The lowest BCUT2D eigenvalue weighted by molar-refractivity contribution is -0.142. The summed E-state index contributed by atoms with van der Waals surface area (Å²) in [5, 5.41) is 5.53. The van der Waals surface area contributed by atoms with Gasteiger partial charge in [-0.1, -0.05) is 12.1 Å². The monoisotopic (exact) mass is 250 g/mol. The molecule has 18 heavy (non-hydrogen) atoms. The molecule has 0 aliphatic rings. The molecule has 0 spiro atoms. The third-order valence-electron chi connectivity index (χ3n) is 2.35. The zero-order valence-electron chi connectivity index (χ0n) is 10.7. The first-order chi connectivity index (χ1) is 8.67. The smallest absolute Gasteiger partial charge is 0.319 e. The van der Waals surface area contributed by atoms with Crippen LogP contribution in [0.4, 0.5) is 0 Å². The van der Waals surface area contributed by atoms with Crippen molar-refractivity contribution in [2.24, 2.45) is 0 Å². The van der Waals surface area contributed by atoms with Crippen LogP contribution in [0.1, 0.15) is 22.8 Å². The first kappa shape index (κ1) is 14.2. The largest absolute Gasteiger partial charge is 0.465 e. The Labute approximate surface area is 107 Å². The normalized spacial score (nSPS) is 9.89. The van der Waals surface area contributed by atoms with Crippen molar-refractivity contribution in [3.63, 3.8) is 0 Å². The minimum absolute atomic E-state index is 0.110. The molecule has 0 aliphatic heterocycles. The summed E-state index contributed by atoms with van der Waals surface area (Å²) in [7, 11) is 1.59. The molecule has 2 N–H and O–H groups in total. The van der Waals surface area contributed by atoms with Crippen LogP contribution < -0.4 is 10.6 Å². The Kier molecular flexibility index (Phi) is 5.87. The maximum absolute atomic E-state index is 11.3. The van der Waals surface area contributed by atoms with Gasteiger partial charge in [0.1, 0.15) is 0 Å². The maximum Gasteiger partial charge on any atom is 0.319 e. The highest BCUT2D eigenvalue weighted by atomic mass is 16.5. The lowest BCUT2D eigenvalue weighted by Gasteiger charge is -2.05. The summed E-state index contributed by atoms with van der Waals surface area (Å²) >= 11 is 0. The molecule has 1 rings (SSSR count). The highest BCUT2D eigenvalue weighted by molar-refractivity contribution is 5.93. The first-order valence-corrected chi connectivity index (χ1v) is 5.84. The minimum Gasteiger partial charge on any atom is -0.465 e. The molecule has 1 aromatic rings. The standard InChI is InChI=1S/C13H18N2O3/c1-3-18-12(16)9-15-8-10-4-6-11(7-5-10)13(17)14-2/h4-7,15H,3,8-9H2,1-2H3,(H,14,17). The molecule has 0 unspecified atom stereocenters. The highest BCUT2D eigenvalue weighted by Crippen LogP contribution is 2.04. The number of rotatable bonds is 6. The lowest BCUT2D eigenvalue weighted by atomic mass is 10.1. The van der Waals surface area contributed by atoms with E-state index in [9.17, 15) is 9.59 Å². The molecule has 1 amide bonds. The maximum atomic E-state index is 11.3. The van der Waals surface area contributed by atoms with Crippen LogP contribution >= 0.6 is 0 Å². The molecule has 0 atom stereocenters. The molecule has 98 valence electrons. The second-order valence-corrected chi connectivity index (χ2v) is 3.68. The molecule has 0 heterocycles. The van der Waals surface area contributed by atoms with Gasteiger partial charge >= 0.3 is 5.97 Å². The molecule has 0 saturated carbocycles. The van der Waals surface area contributed by atoms with E-state index in [1.54, 1.807) is 26.1 Å². The van der Waals surface area contributed by atoms with Gasteiger partial charge < -0.3 is 15.4 Å². The fourth-order valence-electron chi connectivity index (χ4n) is 1.44. The van der Waals surface area contributed by atoms with Gasteiger partial charge in [-0.25, -0.2) is 0 Å². The third-order valence-corrected chi connectivity index (χ3v) is 2.35. The number of ether oxygens (including phenoxy) is 1. The Hall–Kier alpha value is -1.88. The van der Waals surface area contributed by atoms with Crippen LogP contribution in [0.5, 0.6) is 0 Å². The number of carbonyl (C=O) groups excluding carboxylic acids is 2. The van der Waals surface area contributed by atoms with Crippen molar-refractivity contribution < 1.29 is 14.3 Å². The van der Waals surface area contributed by atoms with Gasteiger partial charge in [0, 0.05) is 19.2 Å². The molecule has 5 heteroatoms. The Morgan fingerprint density at radius 2 is 1.89 bits per heavy atom. The molecule has 0 fully saturated rings. The topological polar surface area (TPSA) is 67.4 Å². The van der Waals surface area contributed by atoms with Crippen LogP contribution in [0, 0.1) is 0 Å². The van der Waals surface area contributed by atoms with Gasteiger partial charge in [-0.15, -0.1) is 0 Å². The van der Waals surface area contributed by atoms with Gasteiger partial charge in [-0.3, -0.25) is 9.59 Å². The van der Waals surface area contributed by atoms with E-state index in [0.29, 0.717) is 18.7 Å². The van der Waals surface area contributed by atoms with Crippen LogP contribution in [0.25, 0.3) is 0 Å². The predicted molar refractivity (Wildman–Crippen MR) is 68.2 cm³/mol. The van der Waals surface area contributed by atoms with Crippen molar-refractivity contribution in [1.82, 2.24) is 10.6 Å². The summed E-state index contributed by atoms with van der Waals surface area (Å²) in [6.07, 6.45) is 0. The average Bonchev–Trinajstić information content (AvgIpc) is 2.39. The summed E-state index contributed by atoms with van der Waals surface area (Å²) in [6, 6.07) is 7.20. The molecular formula is C13H18N2O3. The molecule has 0 saturated heterocycles. The van der Waals surface area contributed by atoms with Crippen LogP contribution in [0.3, 0.4) is 0 Å². The van der Waals surface area contributed by atoms with Gasteiger partial charge in [-0.2, -0.15) is 0 Å². The van der Waals surface area contributed by atoms with Gasteiger partial charge in [0.2, 0.25) is 0 Å². The van der Waals surface area contributed by atoms with Crippen molar-refractivity contribution in [1.29, 1.82) is 0 Å². The van der Waals surface area contributed by atoms with Gasteiger partial charge in [0.15, 0.2) is 0 Å². The Morgan fingerprint density at radius 1 is 1.22 bits per heavy atom. The fourth-order valence-corrected chi connectivity index (χ4v) is 1.44. The second-order valence-electron chi connectivity index (χ2n) is 3.68. The highest BCUT2D eigenvalue weighted by Gasteiger charge is 2.03. The molecule has 0 aliphatic carbocycles. The Balaban J connectivity index is 2.40. The zero-order valence-corrected chi connectivity index (χ0v) is 10.7. The van der Waals surface area contributed by atoms with E-state index in [-0.39, 0.29) is 18.4 Å². The number of esters is 1. The number of nitrogens with one attached hydrogen (secondary N) is 2. The molecule has 0 aromatic heterocycles. The Morgan fingerprint density at radius 3 is 2.44 bits per heavy atom. The number of amides is 1. The molecule has 1 aromatic carbocycles. The van der Waals surface area contributed by atoms with E-state index in [2.05, 4.69) is 10.6 Å². The van der Waals surface area contributed by atoms with Crippen LogP contribution in [0.2, 0.25) is 0 Å². The summed E-state index contributed by atoms with van der Waals surface area (Å²) in [5.41, 5.74) is 1.62. The summed E-state index contributed by atoms with van der Waals surface area (Å²) in [6.45, 7) is 2.91. The summed E-state index contributed by atoms with van der Waals surface area (Å²) in [5.74, 6) is -0.375. The van der Waals surface area contributed by atoms with Crippen molar-refractivity contribution in [3.05, 3.63) is 35.4 Å². The minimum atomic E-state index is -0.264. The number of hydrogen-bond acceptors (Lipinski definition) is 4. The van der Waals surface area contributed by atoms with Gasteiger partial charge in [0.05, 0.1) is 13.2 Å². The molecule has 0 radical (unpaired) electrons. The predicted octanol–water partition coefficient (Wildman–Crippen LogP) is 0.699. The van der Waals surface area contributed by atoms with Crippen molar-refractivity contribution in [2.75, 3.05) is 20.2 Å². The Bertz CT molecular complexity index is 401. The van der Waals surface area contributed by atoms with E-state index in [1.807, 2.05) is 12.1 Å². The number of carbonyl (C=O) groups is 2. The molecule has 0 bridgehead atoms. The van der Waals surface area contributed by atoms with E-state index in [1.165, 1.54) is 0 Å². The van der Waals surface area contributed by atoms with E-state index < -0.39 is 0 Å². The third kappa shape index (κ3) is 4.55. The number of benzene rings is 1. The summed E-state index contributed by atoms with van der Waals surface area (Å²) in [4.78, 5) is 22.4. The van der Waals surface area contributed by atoms with Gasteiger partial charge in [-0.05, 0) is 24.6 Å².